The molecule has 0 spiro atoms. The van der Waals surface area contributed by atoms with E-state index in [2.05, 4.69) is 16.7 Å². The van der Waals surface area contributed by atoms with Crippen LogP contribution in [0.2, 0.25) is 0 Å². The highest BCUT2D eigenvalue weighted by Gasteiger charge is 2.24. The molecular weight excluding hydrogens is 228 g/mol. The molecule has 2 aliphatic rings. The Morgan fingerprint density at radius 2 is 2.17 bits per heavy atom. The summed E-state index contributed by atoms with van der Waals surface area (Å²) in [6, 6.07) is 8.72. The van der Waals surface area contributed by atoms with Gasteiger partial charge in [-0.05, 0) is 18.9 Å². The van der Waals surface area contributed by atoms with E-state index in [-0.39, 0.29) is 11.9 Å². The molecule has 1 aliphatic carbocycles. The fraction of sp³-hybridized carbons (Fsp3) is 0.500. The first-order chi connectivity index (χ1) is 8.83. The van der Waals surface area contributed by atoms with Gasteiger partial charge in [0.05, 0.1) is 6.04 Å². The zero-order valence-corrected chi connectivity index (χ0v) is 10.3. The fourth-order valence-electron chi connectivity index (χ4n) is 2.22. The van der Waals surface area contributed by atoms with Gasteiger partial charge in [0.2, 0.25) is 5.91 Å². The van der Waals surface area contributed by atoms with Crippen LogP contribution in [0.5, 0.6) is 5.75 Å². The summed E-state index contributed by atoms with van der Waals surface area (Å²) in [5.74, 6) is 1.11. The highest BCUT2D eigenvalue weighted by molar-refractivity contribution is 5.76. The third-order valence-electron chi connectivity index (χ3n) is 3.39. The fourth-order valence-corrected chi connectivity index (χ4v) is 2.22. The lowest BCUT2D eigenvalue weighted by atomic mass is 10.1. The molecule has 1 heterocycles. The number of carbonyl (C=O) groups excluding carboxylic acids is 1. The number of hydrogen-bond donors (Lipinski definition) is 2. The minimum Gasteiger partial charge on any atom is -0.491 e. The summed E-state index contributed by atoms with van der Waals surface area (Å²) >= 11 is 0. The first-order valence-corrected chi connectivity index (χ1v) is 6.57. The zero-order valence-electron chi connectivity index (χ0n) is 10.3. The van der Waals surface area contributed by atoms with Gasteiger partial charge in [0.1, 0.15) is 12.4 Å². The third kappa shape index (κ3) is 2.64. The van der Waals surface area contributed by atoms with Crippen LogP contribution in [0.1, 0.15) is 30.9 Å². The molecule has 1 amide bonds. The maximum absolute atomic E-state index is 11.5. The average molecular weight is 246 g/mol. The van der Waals surface area contributed by atoms with Gasteiger partial charge in [-0.3, -0.25) is 4.79 Å². The van der Waals surface area contributed by atoms with E-state index in [1.54, 1.807) is 0 Å². The van der Waals surface area contributed by atoms with Crippen LogP contribution >= 0.6 is 0 Å². The van der Waals surface area contributed by atoms with Gasteiger partial charge >= 0.3 is 0 Å². The molecule has 18 heavy (non-hydrogen) atoms. The first-order valence-electron chi connectivity index (χ1n) is 6.57. The number of benzene rings is 1. The van der Waals surface area contributed by atoms with Gasteiger partial charge in [-0.1, -0.05) is 18.2 Å². The number of amides is 1. The molecular formula is C14H18N2O2. The van der Waals surface area contributed by atoms with E-state index in [1.165, 1.54) is 5.56 Å². The van der Waals surface area contributed by atoms with Crippen molar-refractivity contribution in [3.05, 3.63) is 29.8 Å². The van der Waals surface area contributed by atoms with Crippen LogP contribution in [0.15, 0.2) is 24.3 Å². The number of nitrogens with one attached hydrogen (secondary N) is 2. The summed E-state index contributed by atoms with van der Waals surface area (Å²) in [5.41, 5.74) is 1.19. The Kier molecular flexibility index (Phi) is 3.19. The van der Waals surface area contributed by atoms with Crippen molar-refractivity contribution in [1.29, 1.82) is 0 Å². The van der Waals surface area contributed by atoms with Crippen LogP contribution < -0.4 is 15.4 Å². The van der Waals surface area contributed by atoms with Crippen molar-refractivity contribution in [1.82, 2.24) is 10.6 Å². The van der Waals surface area contributed by atoms with Crippen LogP contribution in [0, 0.1) is 0 Å². The summed E-state index contributed by atoms with van der Waals surface area (Å²) < 4.78 is 5.58. The van der Waals surface area contributed by atoms with Crippen molar-refractivity contribution in [2.45, 2.75) is 31.3 Å². The molecule has 96 valence electrons. The van der Waals surface area contributed by atoms with Gasteiger partial charge in [0.15, 0.2) is 0 Å². The van der Waals surface area contributed by atoms with Crippen LogP contribution in [0.4, 0.5) is 0 Å². The van der Waals surface area contributed by atoms with Crippen LogP contribution in [-0.2, 0) is 4.79 Å². The molecule has 1 saturated carbocycles. The Hall–Kier alpha value is -1.55. The van der Waals surface area contributed by atoms with E-state index in [0.717, 1.165) is 18.6 Å². The van der Waals surface area contributed by atoms with Crippen LogP contribution in [-0.4, -0.2) is 25.1 Å². The Balaban J connectivity index is 1.45. The Labute approximate surface area is 107 Å². The Morgan fingerprint density at radius 1 is 1.33 bits per heavy atom. The minimum atomic E-state index is 0.150. The van der Waals surface area contributed by atoms with Gasteiger partial charge in [0, 0.05) is 24.6 Å². The standard InChI is InChI=1S/C14H18N2O2/c17-14(16-10-5-6-10)7-8-15-12-9-18-13-4-2-1-3-11(12)13/h1-4,10,12,15H,5-9H2,(H,16,17). The number of carbonyl (C=O) groups is 1. The summed E-state index contributed by atoms with van der Waals surface area (Å²) in [6.45, 7) is 1.35. The van der Waals surface area contributed by atoms with E-state index in [9.17, 15) is 4.79 Å². The van der Waals surface area contributed by atoms with Crippen molar-refractivity contribution in [3.8, 4) is 5.75 Å². The molecule has 3 rings (SSSR count). The molecule has 1 atom stereocenters. The lowest BCUT2D eigenvalue weighted by Gasteiger charge is -2.11. The van der Waals surface area contributed by atoms with Gasteiger partial charge in [-0.15, -0.1) is 0 Å². The minimum absolute atomic E-state index is 0.150. The number of ether oxygens (including phenoxy) is 1. The predicted octanol–water partition coefficient (Wildman–Crippen LogP) is 1.38. The topological polar surface area (TPSA) is 50.4 Å². The first kappa shape index (κ1) is 11.5. The Morgan fingerprint density at radius 3 is 3.00 bits per heavy atom. The molecule has 1 fully saturated rings. The molecule has 4 heteroatoms. The molecule has 1 aliphatic heterocycles. The van der Waals surface area contributed by atoms with E-state index in [0.29, 0.717) is 25.6 Å². The van der Waals surface area contributed by atoms with Gasteiger partial charge in [-0.2, -0.15) is 0 Å². The maximum Gasteiger partial charge on any atom is 0.221 e. The summed E-state index contributed by atoms with van der Waals surface area (Å²) in [5, 5.41) is 6.36. The van der Waals surface area contributed by atoms with E-state index < -0.39 is 0 Å². The van der Waals surface area contributed by atoms with Crippen molar-refractivity contribution < 1.29 is 9.53 Å². The monoisotopic (exact) mass is 246 g/mol. The molecule has 0 radical (unpaired) electrons. The SMILES string of the molecule is O=C(CCNC1COc2ccccc21)NC1CC1. The van der Waals surface area contributed by atoms with E-state index in [4.69, 9.17) is 4.74 Å². The molecule has 0 bridgehead atoms. The second-order valence-corrected chi connectivity index (χ2v) is 4.95. The van der Waals surface area contributed by atoms with Crippen molar-refractivity contribution >= 4 is 5.91 Å². The molecule has 1 aromatic rings. The molecule has 0 saturated heterocycles. The normalized spacial score (nSPS) is 21.2. The van der Waals surface area contributed by atoms with Gasteiger partial charge in [0.25, 0.3) is 0 Å². The Bertz CT molecular complexity index is 443. The lowest BCUT2D eigenvalue weighted by molar-refractivity contribution is -0.121. The number of hydrogen-bond acceptors (Lipinski definition) is 3. The highest BCUT2D eigenvalue weighted by Crippen LogP contribution is 2.31. The van der Waals surface area contributed by atoms with Crippen LogP contribution in [0.3, 0.4) is 0 Å². The summed E-state index contributed by atoms with van der Waals surface area (Å²) in [6.07, 6.45) is 2.82. The molecule has 1 unspecified atom stereocenters. The van der Waals surface area contributed by atoms with Gasteiger partial charge in [-0.25, -0.2) is 0 Å². The largest absolute Gasteiger partial charge is 0.491 e. The highest BCUT2D eigenvalue weighted by atomic mass is 16.5. The van der Waals surface area contributed by atoms with Crippen molar-refractivity contribution in [3.63, 3.8) is 0 Å². The number of fused-ring (bicyclic) bond motifs is 1. The molecule has 1 aromatic carbocycles. The molecule has 4 nitrogen and oxygen atoms in total. The second kappa shape index (κ2) is 4.98. The molecule has 2 N–H and O–H groups in total. The third-order valence-corrected chi connectivity index (χ3v) is 3.39. The van der Waals surface area contributed by atoms with Crippen LogP contribution in [0.25, 0.3) is 0 Å². The predicted molar refractivity (Wildman–Crippen MR) is 68.5 cm³/mol. The smallest absolute Gasteiger partial charge is 0.221 e. The van der Waals surface area contributed by atoms with E-state index >= 15 is 0 Å². The van der Waals surface area contributed by atoms with Crippen molar-refractivity contribution in [2.24, 2.45) is 0 Å². The molecule has 0 aromatic heterocycles. The van der Waals surface area contributed by atoms with E-state index in [1.807, 2.05) is 18.2 Å². The van der Waals surface area contributed by atoms with Crippen molar-refractivity contribution in [2.75, 3.05) is 13.2 Å². The average Bonchev–Trinajstić information content (AvgIpc) is 3.09. The lowest BCUT2D eigenvalue weighted by Crippen LogP contribution is -2.31. The quantitative estimate of drug-likeness (QED) is 0.825. The zero-order chi connectivity index (χ0) is 12.4. The second-order valence-electron chi connectivity index (χ2n) is 4.95. The maximum atomic E-state index is 11.5. The summed E-state index contributed by atoms with van der Waals surface area (Å²) in [7, 11) is 0. The summed E-state index contributed by atoms with van der Waals surface area (Å²) in [4.78, 5) is 11.5. The number of rotatable bonds is 5. The van der Waals surface area contributed by atoms with Gasteiger partial charge < -0.3 is 15.4 Å². The number of para-hydroxylation sites is 1.